The molecule has 2 saturated heterocycles. The second kappa shape index (κ2) is 9.02. The number of nitrogens with zero attached hydrogens (tertiary/aromatic N) is 2. The van der Waals surface area contributed by atoms with Crippen LogP contribution in [-0.4, -0.2) is 35.0 Å². The Bertz CT molecular complexity index is 1040. The summed E-state index contributed by atoms with van der Waals surface area (Å²) < 4.78 is 6.30. The number of hydrogen-bond acceptors (Lipinski definition) is 5. The summed E-state index contributed by atoms with van der Waals surface area (Å²) in [7, 11) is 0. The van der Waals surface area contributed by atoms with E-state index >= 15 is 0 Å². The van der Waals surface area contributed by atoms with Crippen LogP contribution in [0.5, 0.6) is 0 Å². The van der Waals surface area contributed by atoms with E-state index in [4.69, 9.17) is 9.57 Å². The molecule has 33 heavy (non-hydrogen) atoms. The molecule has 5 atom stereocenters. The number of ether oxygens (including phenoxy) is 1. The molecule has 5 rings (SSSR count). The molecule has 3 aliphatic rings. The topological polar surface area (TPSA) is 59.1 Å². The summed E-state index contributed by atoms with van der Waals surface area (Å²) in [4.78, 5) is 34.6. The van der Waals surface area contributed by atoms with Crippen molar-refractivity contribution in [3.63, 3.8) is 0 Å². The van der Waals surface area contributed by atoms with E-state index in [2.05, 4.69) is 13.8 Å². The van der Waals surface area contributed by atoms with E-state index in [-0.39, 0.29) is 36.4 Å². The third-order valence-corrected chi connectivity index (χ3v) is 7.14. The van der Waals surface area contributed by atoms with Crippen LogP contribution in [0.3, 0.4) is 0 Å². The van der Waals surface area contributed by atoms with Crippen LogP contribution in [0.4, 0.5) is 5.69 Å². The van der Waals surface area contributed by atoms with Crippen LogP contribution in [-0.2, 0) is 25.7 Å². The summed E-state index contributed by atoms with van der Waals surface area (Å²) in [6.45, 7) is 4.55. The van der Waals surface area contributed by atoms with Crippen molar-refractivity contribution in [2.75, 3.05) is 5.06 Å². The van der Waals surface area contributed by atoms with Gasteiger partial charge >= 0.3 is 0 Å². The average Bonchev–Trinajstić information content (AvgIpc) is 3.36. The number of allylic oxidation sites excluding steroid dienone is 1. The van der Waals surface area contributed by atoms with Gasteiger partial charge in [0.05, 0.1) is 18.5 Å². The number of benzene rings is 2. The number of likely N-dealkylation sites (tertiary alicyclic amines) is 1. The zero-order chi connectivity index (χ0) is 22.9. The first kappa shape index (κ1) is 21.7. The molecule has 6 heteroatoms. The molecular weight excluding hydrogens is 416 g/mol. The third kappa shape index (κ3) is 3.82. The first-order chi connectivity index (χ1) is 16.1. The quantitative estimate of drug-likeness (QED) is 0.613. The Morgan fingerprint density at radius 1 is 0.939 bits per heavy atom. The Kier molecular flexibility index (Phi) is 5.94. The van der Waals surface area contributed by atoms with Gasteiger partial charge in [0.15, 0.2) is 6.10 Å². The SMILES string of the molecule is CCC1=CO[C@H]([C@@H]2[C@@H]3C(=O)N(Cc4ccccc4)C(=O)[C@H]3ON2c2ccccc2)[C@@H](CC)C1. The van der Waals surface area contributed by atoms with Gasteiger partial charge in [-0.15, -0.1) is 0 Å². The van der Waals surface area contributed by atoms with Crippen molar-refractivity contribution in [3.8, 4) is 0 Å². The van der Waals surface area contributed by atoms with Crippen molar-refractivity contribution >= 4 is 17.5 Å². The number of anilines is 1. The highest BCUT2D eigenvalue weighted by atomic mass is 16.7. The number of para-hydroxylation sites is 1. The molecule has 2 fully saturated rings. The lowest BCUT2D eigenvalue weighted by Gasteiger charge is -2.39. The number of hydroxylamine groups is 1. The van der Waals surface area contributed by atoms with Crippen molar-refractivity contribution in [1.82, 2.24) is 4.90 Å². The highest BCUT2D eigenvalue weighted by molar-refractivity contribution is 6.07. The maximum absolute atomic E-state index is 13.7. The first-order valence-corrected chi connectivity index (χ1v) is 11.9. The molecule has 0 saturated carbocycles. The van der Waals surface area contributed by atoms with Crippen LogP contribution >= 0.6 is 0 Å². The average molecular weight is 447 g/mol. The zero-order valence-electron chi connectivity index (χ0n) is 19.1. The molecule has 0 N–H and O–H groups in total. The standard InChI is InChI=1S/C27H30N2O4/c1-3-18-15-20(4-2)24(32-17-18)23-22-25(33-29(23)21-13-9-6-10-14-21)27(31)28(26(22)30)16-19-11-7-5-8-12-19/h5-14,17,20,22-25H,3-4,15-16H2,1-2H3/t20-,22-,23-,24-,25-/m0/s1. The van der Waals surface area contributed by atoms with Crippen molar-refractivity contribution in [3.05, 3.63) is 78.1 Å². The van der Waals surface area contributed by atoms with E-state index < -0.39 is 12.0 Å². The molecule has 0 bridgehead atoms. The summed E-state index contributed by atoms with van der Waals surface area (Å²) in [5.74, 6) is -0.807. The normalized spacial score (nSPS) is 29.2. The summed E-state index contributed by atoms with van der Waals surface area (Å²) >= 11 is 0. The number of hydrogen-bond donors (Lipinski definition) is 0. The summed E-state index contributed by atoms with van der Waals surface area (Å²) in [6.07, 6.45) is 3.59. The van der Waals surface area contributed by atoms with Crippen LogP contribution in [0.25, 0.3) is 0 Å². The predicted molar refractivity (Wildman–Crippen MR) is 125 cm³/mol. The summed E-state index contributed by atoms with van der Waals surface area (Å²) in [5, 5.41) is 1.77. The molecule has 2 aromatic carbocycles. The van der Waals surface area contributed by atoms with E-state index in [0.29, 0.717) is 0 Å². The molecule has 0 unspecified atom stereocenters. The lowest BCUT2D eigenvalue weighted by atomic mass is 9.80. The minimum absolute atomic E-state index is 0.180. The molecule has 2 aromatic rings. The molecule has 0 aromatic heterocycles. The monoisotopic (exact) mass is 446 g/mol. The smallest absolute Gasteiger partial charge is 0.262 e. The van der Waals surface area contributed by atoms with E-state index in [1.807, 2.05) is 66.9 Å². The van der Waals surface area contributed by atoms with Gasteiger partial charge in [-0.25, -0.2) is 5.06 Å². The lowest BCUT2D eigenvalue weighted by Crippen LogP contribution is -2.50. The largest absolute Gasteiger partial charge is 0.495 e. The fraction of sp³-hybridized carbons (Fsp3) is 0.407. The number of imide groups is 1. The van der Waals surface area contributed by atoms with Gasteiger partial charge in [0.2, 0.25) is 5.91 Å². The second-order valence-electron chi connectivity index (χ2n) is 9.05. The highest BCUT2D eigenvalue weighted by Crippen LogP contribution is 2.44. The van der Waals surface area contributed by atoms with Crippen LogP contribution in [0.1, 0.15) is 38.7 Å². The molecule has 0 radical (unpaired) electrons. The maximum atomic E-state index is 13.7. The molecule has 172 valence electrons. The summed E-state index contributed by atoms with van der Waals surface area (Å²) in [5.41, 5.74) is 3.03. The molecule has 3 aliphatic heterocycles. The van der Waals surface area contributed by atoms with Gasteiger partial charge < -0.3 is 4.74 Å². The van der Waals surface area contributed by atoms with E-state index in [0.717, 1.165) is 30.5 Å². The minimum Gasteiger partial charge on any atom is -0.495 e. The van der Waals surface area contributed by atoms with Crippen molar-refractivity contribution < 1.29 is 19.2 Å². The number of fused-ring (bicyclic) bond motifs is 1. The lowest BCUT2D eigenvalue weighted by molar-refractivity contribution is -0.144. The zero-order valence-corrected chi connectivity index (χ0v) is 19.1. The van der Waals surface area contributed by atoms with Gasteiger partial charge in [0.1, 0.15) is 18.1 Å². The first-order valence-electron chi connectivity index (χ1n) is 11.9. The summed E-state index contributed by atoms with van der Waals surface area (Å²) in [6, 6.07) is 18.9. The Morgan fingerprint density at radius 3 is 2.30 bits per heavy atom. The Hall–Kier alpha value is -3.12. The van der Waals surface area contributed by atoms with Gasteiger partial charge in [-0.2, -0.15) is 0 Å². The van der Waals surface area contributed by atoms with E-state index in [1.54, 1.807) is 5.06 Å². The predicted octanol–water partition coefficient (Wildman–Crippen LogP) is 4.47. The van der Waals surface area contributed by atoms with Crippen LogP contribution in [0, 0.1) is 11.8 Å². The Morgan fingerprint density at radius 2 is 1.64 bits per heavy atom. The van der Waals surface area contributed by atoms with Gasteiger partial charge in [0.25, 0.3) is 5.91 Å². The van der Waals surface area contributed by atoms with Crippen molar-refractivity contribution in [1.29, 1.82) is 0 Å². The number of rotatable bonds is 6. The number of carbonyl (C=O) groups is 2. The molecule has 0 spiro atoms. The molecular formula is C27H30N2O4. The molecule has 2 amide bonds. The van der Waals surface area contributed by atoms with Crippen LogP contribution < -0.4 is 5.06 Å². The minimum atomic E-state index is -0.830. The third-order valence-electron chi connectivity index (χ3n) is 7.14. The maximum Gasteiger partial charge on any atom is 0.262 e. The number of amides is 2. The van der Waals surface area contributed by atoms with Crippen molar-refractivity contribution in [2.24, 2.45) is 11.8 Å². The van der Waals surface area contributed by atoms with Gasteiger partial charge in [-0.3, -0.25) is 19.3 Å². The van der Waals surface area contributed by atoms with E-state index in [9.17, 15) is 9.59 Å². The Labute approximate surface area is 194 Å². The molecule has 0 aliphatic carbocycles. The number of carbonyl (C=O) groups excluding carboxylic acids is 2. The van der Waals surface area contributed by atoms with Crippen LogP contribution in [0.2, 0.25) is 0 Å². The highest BCUT2D eigenvalue weighted by Gasteiger charge is 2.62. The van der Waals surface area contributed by atoms with Gasteiger partial charge in [0, 0.05) is 5.92 Å². The van der Waals surface area contributed by atoms with Gasteiger partial charge in [-0.05, 0) is 42.5 Å². The molecule has 6 nitrogen and oxygen atoms in total. The van der Waals surface area contributed by atoms with Crippen LogP contribution in [0.15, 0.2) is 72.5 Å². The molecule has 3 heterocycles. The van der Waals surface area contributed by atoms with E-state index in [1.165, 1.54) is 10.5 Å². The van der Waals surface area contributed by atoms with Crippen molar-refractivity contribution in [2.45, 2.75) is 57.9 Å². The fourth-order valence-corrected chi connectivity index (χ4v) is 5.32. The second-order valence-corrected chi connectivity index (χ2v) is 9.05. The fourth-order valence-electron chi connectivity index (χ4n) is 5.32. The Balaban J connectivity index is 1.50. The van der Waals surface area contributed by atoms with Gasteiger partial charge in [-0.1, -0.05) is 62.4 Å².